The molecular formula is C15H16ClN3O. The lowest BCUT2D eigenvalue weighted by atomic mass is 10.1. The zero-order valence-electron chi connectivity index (χ0n) is 11.3. The Bertz CT molecular complexity index is 691. The highest BCUT2D eigenvalue weighted by Gasteiger charge is 2.27. The summed E-state index contributed by atoms with van der Waals surface area (Å²) in [4.78, 5) is 16.0. The second-order valence-corrected chi connectivity index (χ2v) is 5.47. The fraction of sp³-hybridized carbons (Fsp3) is 0.333. The second-order valence-electron chi connectivity index (χ2n) is 5.09. The summed E-state index contributed by atoms with van der Waals surface area (Å²) in [5.74, 6) is -0.451. The van der Waals surface area contributed by atoms with Crippen LogP contribution in [0.25, 0.3) is 11.3 Å². The van der Waals surface area contributed by atoms with Gasteiger partial charge in [0, 0.05) is 29.7 Å². The molecule has 104 valence electrons. The van der Waals surface area contributed by atoms with E-state index in [1.54, 1.807) is 6.20 Å². The molecule has 2 aromatic rings. The third-order valence-electron chi connectivity index (χ3n) is 3.87. The summed E-state index contributed by atoms with van der Waals surface area (Å²) in [6, 6.07) is 3.86. The molecule has 1 amide bonds. The van der Waals surface area contributed by atoms with Crippen molar-refractivity contribution in [1.29, 1.82) is 0 Å². The predicted octanol–water partition coefficient (Wildman–Crippen LogP) is 2.95. The van der Waals surface area contributed by atoms with Crippen molar-refractivity contribution in [2.45, 2.75) is 32.7 Å². The predicted molar refractivity (Wildman–Crippen MR) is 78.9 cm³/mol. The first-order chi connectivity index (χ1) is 9.61. The average Bonchev–Trinajstić information content (AvgIpc) is 2.71. The number of fused-ring (bicyclic) bond motifs is 1. The highest BCUT2D eigenvalue weighted by atomic mass is 35.5. The van der Waals surface area contributed by atoms with E-state index in [1.165, 1.54) is 0 Å². The molecule has 4 nitrogen and oxygen atoms in total. The van der Waals surface area contributed by atoms with Crippen molar-refractivity contribution in [3.05, 3.63) is 40.3 Å². The van der Waals surface area contributed by atoms with Gasteiger partial charge < -0.3 is 10.3 Å². The maximum Gasteiger partial charge on any atom is 0.252 e. The minimum atomic E-state index is -0.451. The Kier molecular flexibility index (Phi) is 3.26. The van der Waals surface area contributed by atoms with E-state index < -0.39 is 5.91 Å². The van der Waals surface area contributed by atoms with E-state index in [0.717, 1.165) is 48.5 Å². The molecule has 3 rings (SSSR count). The third-order valence-corrected chi connectivity index (χ3v) is 4.23. The summed E-state index contributed by atoms with van der Waals surface area (Å²) in [7, 11) is 0. The highest BCUT2D eigenvalue weighted by Crippen LogP contribution is 2.39. The molecule has 1 aliphatic rings. The molecule has 1 aliphatic heterocycles. The van der Waals surface area contributed by atoms with Crippen molar-refractivity contribution < 1.29 is 4.79 Å². The first kappa shape index (κ1) is 13.2. The van der Waals surface area contributed by atoms with Gasteiger partial charge in [-0.2, -0.15) is 0 Å². The second kappa shape index (κ2) is 4.94. The van der Waals surface area contributed by atoms with Crippen LogP contribution in [0.4, 0.5) is 0 Å². The van der Waals surface area contributed by atoms with Crippen LogP contribution >= 0.6 is 11.6 Å². The Hall–Kier alpha value is -1.81. The van der Waals surface area contributed by atoms with Crippen LogP contribution in [0, 0.1) is 6.92 Å². The SMILES string of the molecule is Cc1ncccc1-c1c(Cl)c(C(N)=O)c2n1CCCC2. The number of aryl methyl sites for hydroxylation is 1. The van der Waals surface area contributed by atoms with E-state index >= 15 is 0 Å². The van der Waals surface area contributed by atoms with Crippen LogP contribution in [-0.2, 0) is 13.0 Å². The number of primary amides is 1. The summed E-state index contributed by atoms with van der Waals surface area (Å²) in [6.07, 6.45) is 4.74. The summed E-state index contributed by atoms with van der Waals surface area (Å²) in [5.41, 5.74) is 9.70. The minimum Gasteiger partial charge on any atom is -0.365 e. The molecule has 0 bridgehead atoms. The summed E-state index contributed by atoms with van der Waals surface area (Å²) < 4.78 is 2.13. The maximum atomic E-state index is 11.7. The number of carbonyl (C=O) groups is 1. The summed E-state index contributed by atoms with van der Waals surface area (Å²) >= 11 is 6.47. The monoisotopic (exact) mass is 289 g/mol. The van der Waals surface area contributed by atoms with Crippen molar-refractivity contribution >= 4 is 17.5 Å². The Morgan fingerprint density at radius 2 is 2.25 bits per heavy atom. The molecule has 2 N–H and O–H groups in total. The number of halogens is 1. The number of aromatic nitrogens is 2. The Balaban J connectivity index is 2.31. The number of rotatable bonds is 2. The van der Waals surface area contributed by atoms with Crippen molar-refractivity contribution in [2.75, 3.05) is 0 Å². The minimum absolute atomic E-state index is 0.451. The molecule has 0 aliphatic carbocycles. The molecular weight excluding hydrogens is 274 g/mol. The smallest absolute Gasteiger partial charge is 0.252 e. The van der Waals surface area contributed by atoms with Gasteiger partial charge in [-0.1, -0.05) is 11.6 Å². The summed E-state index contributed by atoms with van der Waals surface area (Å²) in [5, 5.41) is 0.463. The highest BCUT2D eigenvalue weighted by molar-refractivity contribution is 6.36. The van der Waals surface area contributed by atoms with Crippen LogP contribution in [0.1, 0.15) is 34.6 Å². The van der Waals surface area contributed by atoms with Crippen LogP contribution in [-0.4, -0.2) is 15.5 Å². The molecule has 0 saturated carbocycles. The van der Waals surface area contributed by atoms with Gasteiger partial charge in [-0.05, 0) is 38.3 Å². The number of hydrogen-bond donors (Lipinski definition) is 1. The normalized spacial score (nSPS) is 14.1. The molecule has 3 heterocycles. The third kappa shape index (κ3) is 1.91. The van der Waals surface area contributed by atoms with Crippen molar-refractivity contribution in [3.63, 3.8) is 0 Å². The molecule has 5 heteroatoms. The van der Waals surface area contributed by atoms with Gasteiger partial charge >= 0.3 is 0 Å². The van der Waals surface area contributed by atoms with Crippen LogP contribution in [0.3, 0.4) is 0 Å². The standard InChI is InChI=1S/C15H16ClN3O/c1-9-10(5-4-7-18-9)14-13(16)12(15(17)20)11-6-2-3-8-19(11)14/h4-5,7H,2-3,6,8H2,1H3,(H2,17,20). The average molecular weight is 290 g/mol. The van der Waals surface area contributed by atoms with Gasteiger partial charge in [0.15, 0.2) is 0 Å². The molecule has 2 aromatic heterocycles. The van der Waals surface area contributed by atoms with Crippen LogP contribution in [0.2, 0.25) is 5.02 Å². The van der Waals surface area contributed by atoms with E-state index in [0.29, 0.717) is 10.6 Å². The molecule has 0 unspecified atom stereocenters. The lowest BCUT2D eigenvalue weighted by Crippen LogP contribution is -2.17. The van der Waals surface area contributed by atoms with Crippen LogP contribution in [0.5, 0.6) is 0 Å². The van der Waals surface area contributed by atoms with E-state index in [4.69, 9.17) is 17.3 Å². The van der Waals surface area contributed by atoms with Gasteiger partial charge in [0.2, 0.25) is 0 Å². The number of hydrogen-bond acceptors (Lipinski definition) is 2. The Morgan fingerprint density at radius 1 is 1.45 bits per heavy atom. The van der Waals surface area contributed by atoms with E-state index in [9.17, 15) is 4.79 Å². The van der Waals surface area contributed by atoms with E-state index in [-0.39, 0.29) is 0 Å². The zero-order chi connectivity index (χ0) is 14.3. The Labute approximate surface area is 122 Å². The van der Waals surface area contributed by atoms with Crippen LogP contribution in [0.15, 0.2) is 18.3 Å². The topological polar surface area (TPSA) is 60.9 Å². The number of pyridine rings is 1. The first-order valence-electron chi connectivity index (χ1n) is 6.74. The maximum absolute atomic E-state index is 11.7. The van der Waals surface area contributed by atoms with Gasteiger partial charge in [-0.15, -0.1) is 0 Å². The van der Waals surface area contributed by atoms with Crippen molar-refractivity contribution in [3.8, 4) is 11.3 Å². The van der Waals surface area contributed by atoms with E-state index in [2.05, 4.69) is 9.55 Å². The fourth-order valence-electron chi connectivity index (χ4n) is 2.95. The number of nitrogens with two attached hydrogens (primary N) is 1. The molecule has 20 heavy (non-hydrogen) atoms. The van der Waals surface area contributed by atoms with Gasteiger partial charge in [-0.3, -0.25) is 9.78 Å². The van der Waals surface area contributed by atoms with Gasteiger partial charge in [0.25, 0.3) is 5.91 Å². The number of nitrogens with zero attached hydrogens (tertiary/aromatic N) is 2. The van der Waals surface area contributed by atoms with Gasteiger partial charge in [-0.25, -0.2) is 0 Å². The number of amides is 1. The largest absolute Gasteiger partial charge is 0.365 e. The molecule has 0 atom stereocenters. The quantitative estimate of drug-likeness (QED) is 0.924. The zero-order valence-corrected chi connectivity index (χ0v) is 12.1. The van der Waals surface area contributed by atoms with Gasteiger partial charge in [0.05, 0.1) is 16.3 Å². The summed E-state index contributed by atoms with van der Waals surface area (Å²) in [6.45, 7) is 2.81. The fourth-order valence-corrected chi connectivity index (χ4v) is 3.36. The first-order valence-corrected chi connectivity index (χ1v) is 7.11. The molecule has 0 spiro atoms. The Morgan fingerprint density at radius 3 is 2.95 bits per heavy atom. The lowest BCUT2D eigenvalue weighted by Gasteiger charge is -2.19. The molecule has 0 aromatic carbocycles. The molecule has 0 fully saturated rings. The van der Waals surface area contributed by atoms with Crippen molar-refractivity contribution in [1.82, 2.24) is 9.55 Å². The lowest BCUT2D eigenvalue weighted by molar-refractivity contribution is 0.0999. The van der Waals surface area contributed by atoms with Crippen molar-refractivity contribution in [2.24, 2.45) is 5.73 Å². The molecule has 0 radical (unpaired) electrons. The van der Waals surface area contributed by atoms with Gasteiger partial charge in [0.1, 0.15) is 0 Å². The number of carbonyl (C=O) groups excluding carboxylic acids is 1. The van der Waals surface area contributed by atoms with Crippen LogP contribution < -0.4 is 5.73 Å². The van der Waals surface area contributed by atoms with E-state index in [1.807, 2.05) is 19.1 Å². The molecule has 0 saturated heterocycles.